The van der Waals surface area contributed by atoms with Gasteiger partial charge in [0.15, 0.2) is 0 Å². The maximum absolute atomic E-state index is 14.0. The van der Waals surface area contributed by atoms with E-state index in [9.17, 15) is 4.39 Å². The Balaban J connectivity index is 4.37. The molecule has 0 aromatic rings. The first-order valence-corrected chi connectivity index (χ1v) is 4.62. The monoisotopic (exact) mass is 175 g/mol. The van der Waals surface area contributed by atoms with Crippen LogP contribution in [0.25, 0.3) is 0 Å². The second-order valence-electron chi connectivity index (χ2n) is 4.88. The van der Waals surface area contributed by atoms with Gasteiger partial charge in [0.25, 0.3) is 0 Å². The molecule has 0 aromatic carbocycles. The van der Waals surface area contributed by atoms with Gasteiger partial charge in [-0.3, -0.25) is 0 Å². The molecular weight excluding hydrogens is 153 g/mol. The first kappa shape index (κ1) is 11.9. The second kappa shape index (κ2) is 3.73. The third kappa shape index (κ3) is 2.74. The topological polar surface area (TPSA) is 26.0 Å². The van der Waals surface area contributed by atoms with Crippen molar-refractivity contribution in [3.8, 4) is 0 Å². The number of hydrogen-bond donors (Lipinski definition) is 1. The fourth-order valence-electron chi connectivity index (χ4n) is 1.26. The Bertz CT molecular complexity index is 139. The van der Waals surface area contributed by atoms with Crippen molar-refractivity contribution in [2.75, 3.05) is 6.54 Å². The Labute approximate surface area is 75.5 Å². The minimum atomic E-state index is -1.16. The van der Waals surface area contributed by atoms with E-state index in [4.69, 9.17) is 5.73 Å². The Hall–Kier alpha value is -0.110. The number of rotatable bonds is 4. The van der Waals surface area contributed by atoms with E-state index in [0.29, 0.717) is 18.9 Å². The molecule has 1 unspecified atom stereocenters. The summed E-state index contributed by atoms with van der Waals surface area (Å²) in [5, 5.41) is 0. The van der Waals surface area contributed by atoms with E-state index in [0.717, 1.165) is 0 Å². The zero-order valence-electron chi connectivity index (χ0n) is 8.95. The van der Waals surface area contributed by atoms with Gasteiger partial charge in [-0.05, 0) is 19.3 Å². The zero-order valence-corrected chi connectivity index (χ0v) is 8.95. The van der Waals surface area contributed by atoms with Crippen molar-refractivity contribution in [2.45, 2.75) is 46.7 Å². The van der Waals surface area contributed by atoms with E-state index >= 15 is 0 Å². The van der Waals surface area contributed by atoms with Gasteiger partial charge < -0.3 is 5.73 Å². The SMILES string of the molecule is CC(C)CC(C)(F)C(C)(C)CN. The number of alkyl halides is 1. The first-order chi connectivity index (χ1) is 5.23. The van der Waals surface area contributed by atoms with Crippen molar-refractivity contribution in [3.05, 3.63) is 0 Å². The average molecular weight is 175 g/mol. The van der Waals surface area contributed by atoms with E-state index in [1.54, 1.807) is 6.92 Å². The maximum Gasteiger partial charge on any atom is 0.114 e. The summed E-state index contributed by atoms with van der Waals surface area (Å²) >= 11 is 0. The van der Waals surface area contributed by atoms with E-state index in [2.05, 4.69) is 0 Å². The van der Waals surface area contributed by atoms with Gasteiger partial charge in [0.1, 0.15) is 5.67 Å². The molecule has 2 N–H and O–H groups in total. The van der Waals surface area contributed by atoms with Crippen LogP contribution in [-0.2, 0) is 0 Å². The Morgan fingerprint density at radius 1 is 1.25 bits per heavy atom. The largest absolute Gasteiger partial charge is 0.330 e. The minimum Gasteiger partial charge on any atom is -0.330 e. The van der Waals surface area contributed by atoms with Crippen molar-refractivity contribution < 1.29 is 4.39 Å². The van der Waals surface area contributed by atoms with Gasteiger partial charge in [-0.1, -0.05) is 27.7 Å². The summed E-state index contributed by atoms with van der Waals surface area (Å²) in [4.78, 5) is 0. The van der Waals surface area contributed by atoms with Crippen molar-refractivity contribution in [2.24, 2.45) is 17.1 Å². The maximum atomic E-state index is 14.0. The van der Waals surface area contributed by atoms with Crippen LogP contribution < -0.4 is 5.73 Å². The lowest BCUT2D eigenvalue weighted by Crippen LogP contribution is -2.44. The lowest BCUT2D eigenvalue weighted by atomic mass is 9.73. The summed E-state index contributed by atoms with van der Waals surface area (Å²) in [6.45, 7) is 9.88. The Morgan fingerprint density at radius 3 is 1.92 bits per heavy atom. The molecule has 0 rings (SSSR count). The van der Waals surface area contributed by atoms with Gasteiger partial charge in [0, 0.05) is 12.0 Å². The van der Waals surface area contributed by atoms with Crippen LogP contribution in [0, 0.1) is 11.3 Å². The fraction of sp³-hybridized carbons (Fsp3) is 1.00. The van der Waals surface area contributed by atoms with Crippen LogP contribution in [0.1, 0.15) is 41.0 Å². The molecule has 0 aliphatic rings. The molecule has 0 saturated carbocycles. The van der Waals surface area contributed by atoms with E-state index in [1.165, 1.54) is 0 Å². The predicted molar refractivity (Wildman–Crippen MR) is 51.8 cm³/mol. The van der Waals surface area contributed by atoms with Gasteiger partial charge in [-0.2, -0.15) is 0 Å². The summed E-state index contributed by atoms with van der Waals surface area (Å²) in [5.74, 6) is 0.380. The van der Waals surface area contributed by atoms with Crippen LogP contribution in [-0.4, -0.2) is 12.2 Å². The molecule has 12 heavy (non-hydrogen) atoms. The average Bonchev–Trinajstić information content (AvgIpc) is 1.84. The third-order valence-corrected chi connectivity index (χ3v) is 2.71. The quantitative estimate of drug-likeness (QED) is 0.698. The predicted octanol–water partition coefficient (Wildman–Crippen LogP) is 2.75. The summed E-state index contributed by atoms with van der Waals surface area (Å²) in [6.07, 6.45) is 0.581. The highest BCUT2D eigenvalue weighted by molar-refractivity contribution is 4.91. The Kier molecular flexibility index (Phi) is 3.70. The van der Waals surface area contributed by atoms with Crippen molar-refractivity contribution >= 4 is 0 Å². The molecule has 0 aliphatic heterocycles. The van der Waals surface area contributed by atoms with Gasteiger partial charge in [0.2, 0.25) is 0 Å². The van der Waals surface area contributed by atoms with E-state index in [1.807, 2.05) is 27.7 Å². The second-order valence-corrected chi connectivity index (χ2v) is 4.88. The molecule has 0 bridgehead atoms. The molecule has 0 aliphatic carbocycles. The Morgan fingerprint density at radius 2 is 1.67 bits per heavy atom. The van der Waals surface area contributed by atoms with Crippen LogP contribution in [0.4, 0.5) is 4.39 Å². The van der Waals surface area contributed by atoms with Gasteiger partial charge in [0.05, 0.1) is 0 Å². The molecule has 0 spiro atoms. The summed E-state index contributed by atoms with van der Waals surface area (Å²) in [6, 6.07) is 0. The van der Waals surface area contributed by atoms with Crippen molar-refractivity contribution in [1.29, 1.82) is 0 Å². The molecule has 2 heteroatoms. The van der Waals surface area contributed by atoms with Crippen LogP contribution in [0.3, 0.4) is 0 Å². The molecule has 0 aromatic heterocycles. The molecule has 0 heterocycles. The highest BCUT2D eigenvalue weighted by Gasteiger charge is 2.40. The third-order valence-electron chi connectivity index (χ3n) is 2.71. The minimum absolute atomic E-state index is 0.380. The standard InChI is InChI=1S/C10H22FN/c1-8(2)6-10(5,11)9(3,4)7-12/h8H,6-7,12H2,1-5H3. The molecule has 0 saturated heterocycles. The summed E-state index contributed by atoms with van der Waals surface area (Å²) in [7, 11) is 0. The first-order valence-electron chi connectivity index (χ1n) is 4.62. The number of nitrogens with two attached hydrogens (primary N) is 1. The fourth-order valence-corrected chi connectivity index (χ4v) is 1.26. The normalized spacial score (nSPS) is 18.0. The van der Waals surface area contributed by atoms with Gasteiger partial charge >= 0.3 is 0 Å². The lowest BCUT2D eigenvalue weighted by Gasteiger charge is -2.38. The van der Waals surface area contributed by atoms with Crippen LogP contribution in [0.15, 0.2) is 0 Å². The molecule has 1 nitrogen and oxygen atoms in total. The number of halogens is 1. The summed E-state index contributed by atoms with van der Waals surface area (Å²) < 4.78 is 14.0. The molecule has 1 atom stereocenters. The van der Waals surface area contributed by atoms with Crippen LogP contribution >= 0.6 is 0 Å². The lowest BCUT2D eigenvalue weighted by molar-refractivity contribution is 0.0206. The molecule has 0 amide bonds. The van der Waals surface area contributed by atoms with Gasteiger partial charge in [-0.15, -0.1) is 0 Å². The van der Waals surface area contributed by atoms with Crippen LogP contribution in [0.5, 0.6) is 0 Å². The van der Waals surface area contributed by atoms with Crippen LogP contribution in [0.2, 0.25) is 0 Å². The smallest absolute Gasteiger partial charge is 0.114 e. The van der Waals surface area contributed by atoms with Crippen molar-refractivity contribution in [1.82, 2.24) is 0 Å². The molecule has 74 valence electrons. The van der Waals surface area contributed by atoms with Crippen molar-refractivity contribution in [3.63, 3.8) is 0 Å². The molecular formula is C10H22FN. The highest BCUT2D eigenvalue weighted by Crippen LogP contribution is 2.38. The zero-order chi connectivity index (χ0) is 9.99. The molecule has 0 fully saturated rings. The highest BCUT2D eigenvalue weighted by atomic mass is 19.1. The number of hydrogen-bond acceptors (Lipinski definition) is 1. The van der Waals surface area contributed by atoms with Gasteiger partial charge in [-0.25, -0.2) is 4.39 Å². The van der Waals surface area contributed by atoms with E-state index < -0.39 is 11.1 Å². The van der Waals surface area contributed by atoms with E-state index in [-0.39, 0.29) is 0 Å². The summed E-state index contributed by atoms with van der Waals surface area (Å²) in [5.41, 5.74) is 3.95. The molecule has 0 radical (unpaired) electrons.